The molecule has 2 N–H and O–H groups in total. The molecule has 0 amide bonds. The molecule has 2 atom stereocenters. The molecule has 0 radical (unpaired) electrons. The van der Waals surface area contributed by atoms with Crippen molar-refractivity contribution in [3.05, 3.63) is 0 Å². The minimum Gasteiger partial charge on any atom is -0.462 e. The number of carbonyl (C=O) groups is 2. The average Bonchev–Trinajstić information content (AvgIpc) is 2.87. The Hall–Kier alpha value is -0.950. The second kappa shape index (κ2) is 24.8. The number of esters is 2. The molecule has 0 bridgehead atoms. The smallest absolute Gasteiger partial charge is 0.462 e. The zero-order valence-electron chi connectivity index (χ0n) is 25.4. The van der Waals surface area contributed by atoms with Crippen LogP contribution in [0.2, 0.25) is 0 Å². The number of hydrogen-bond acceptors (Lipinski definition) is 6. The highest BCUT2D eigenvalue weighted by atomic mass is 31.2. The summed E-state index contributed by atoms with van der Waals surface area (Å²) < 4.78 is 26.1. The van der Waals surface area contributed by atoms with Gasteiger partial charge < -0.3 is 19.3 Å². The fraction of sp³-hybridized carbons (Fsp3) is 0.933. The third kappa shape index (κ3) is 28.4. The van der Waals surface area contributed by atoms with E-state index in [2.05, 4.69) is 32.2 Å². The number of rotatable bonds is 27. The third-order valence-corrected chi connectivity index (χ3v) is 7.58. The molecule has 0 aliphatic rings. The van der Waals surface area contributed by atoms with Crippen LogP contribution >= 0.6 is 7.82 Å². The van der Waals surface area contributed by atoms with Gasteiger partial charge in [-0.05, 0) is 24.7 Å². The van der Waals surface area contributed by atoms with E-state index < -0.39 is 32.5 Å². The Bertz CT molecular complexity index is 649. The van der Waals surface area contributed by atoms with Crippen molar-refractivity contribution >= 4 is 19.8 Å². The van der Waals surface area contributed by atoms with Gasteiger partial charge in [0.15, 0.2) is 6.10 Å². The van der Waals surface area contributed by atoms with Crippen LogP contribution in [-0.4, -0.2) is 41.0 Å². The molecule has 0 aromatic heterocycles. The summed E-state index contributed by atoms with van der Waals surface area (Å²) in [6.07, 6.45) is 18.5. The number of ether oxygens (including phenoxy) is 2. The molecular weight excluding hydrogens is 519 g/mol. The van der Waals surface area contributed by atoms with Crippen LogP contribution < -0.4 is 0 Å². The quantitative estimate of drug-likeness (QED) is 0.0568. The molecule has 9 heteroatoms. The number of phosphoric ester groups is 1. The Balaban J connectivity index is 4.07. The standard InChI is InChI=1S/C30H59O8P/c1-5-27(4)21-17-13-10-11-14-18-22-29(31)36-24-28(25-37-39(33,34)35)38-30(32)23-19-15-9-7-6-8-12-16-20-26(2)3/h26-28H,5-25H2,1-4H3,(H2,33,34,35)/t27?,28-/m1/s1. The van der Waals surface area contributed by atoms with E-state index in [4.69, 9.17) is 19.3 Å². The van der Waals surface area contributed by atoms with E-state index >= 15 is 0 Å². The molecular formula is C30H59O8P. The summed E-state index contributed by atoms with van der Waals surface area (Å²) in [5.41, 5.74) is 0. The highest BCUT2D eigenvalue weighted by Crippen LogP contribution is 2.36. The highest BCUT2D eigenvalue weighted by Gasteiger charge is 2.22. The zero-order chi connectivity index (χ0) is 29.4. The lowest BCUT2D eigenvalue weighted by molar-refractivity contribution is -0.161. The third-order valence-electron chi connectivity index (χ3n) is 7.09. The molecule has 39 heavy (non-hydrogen) atoms. The fourth-order valence-corrected chi connectivity index (χ4v) is 4.72. The number of phosphoric acid groups is 1. The summed E-state index contributed by atoms with van der Waals surface area (Å²) >= 11 is 0. The molecule has 0 heterocycles. The molecule has 232 valence electrons. The van der Waals surface area contributed by atoms with Crippen LogP contribution in [0, 0.1) is 11.8 Å². The van der Waals surface area contributed by atoms with Gasteiger partial charge in [0.2, 0.25) is 0 Å². The molecule has 0 aromatic carbocycles. The van der Waals surface area contributed by atoms with Crippen LogP contribution in [-0.2, 0) is 28.2 Å². The van der Waals surface area contributed by atoms with Crippen molar-refractivity contribution in [1.82, 2.24) is 0 Å². The normalized spacial score (nSPS) is 13.4. The van der Waals surface area contributed by atoms with Gasteiger partial charge in [-0.25, -0.2) is 4.57 Å². The summed E-state index contributed by atoms with van der Waals surface area (Å²) in [7, 11) is -4.73. The van der Waals surface area contributed by atoms with E-state index in [1.807, 2.05) is 0 Å². The van der Waals surface area contributed by atoms with Gasteiger partial charge >= 0.3 is 19.8 Å². The van der Waals surface area contributed by atoms with Crippen molar-refractivity contribution < 1.29 is 37.9 Å². The predicted octanol–water partition coefficient (Wildman–Crippen LogP) is 8.27. The average molecular weight is 579 g/mol. The Morgan fingerprint density at radius 1 is 0.667 bits per heavy atom. The lowest BCUT2D eigenvalue weighted by Crippen LogP contribution is -2.29. The van der Waals surface area contributed by atoms with E-state index in [9.17, 15) is 14.2 Å². The van der Waals surface area contributed by atoms with Crippen molar-refractivity contribution in [1.29, 1.82) is 0 Å². The van der Waals surface area contributed by atoms with Crippen molar-refractivity contribution in [2.75, 3.05) is 13.2 Å². The van der Waals surface area contributed by atoms with Crippen LogP contribution in [0.1, 0.15) is 150 Å². The van der Waals surface area contributed by atoms with Crippen LogP contribution in [0.5, 0.6) is 0 Å². The first-order chi connectivity index (χ1) is 18.5. The van der Waals surface area contributed by atoms with Gasteiger partial charge in [-0.2, -0.15) is 0 Å². The number of hydrogen-bond donors (Lipinski definition) is 2. The maximum Gasteiger partial charge on any atom is 0.469 e. The van der Waals surface area contributed by atoms with Gasteiger partial charge in [0.1, 0.15) is 6.61 Å². The maximum absolute atomic E-state index is 12.2. The Kier molecular flexibility index (Phi) is 24.2. The predicted molar refractivity (Wildman–Crippen MR) is 156 cm³/mol. The highest BCUT2D eigenvalue weighted by molar-refractivity contribution is 7.46. The van der Waals surface area contributed by atoms with Gasteiger partial charge in [-0.15, -0.1) is 0 Å². The van der Waals surface area contributed by atoms with Gasteiger partial charge in [-0.3, -0.25) is 14.1 Å². The molecule has 8 nitrogen and oxygen atoms in total. The number of unbranched alkanes of at least 4 members (excludes halogenated alkanes) is 12. The van der Waals surface area contributed by atoms with Crippen molar-refractivity contribution in [2.24, 2.45) is 11.8 Å². The lowest BCUT2D eigenvalue weighted by atomic mass is 10.00. The Morgan fingerprint density at radius 2 is 1.13 bits per heavy atom. The first-order valence-corrected chi connectivity index (χ1v) is 17.1. The summed E-state index contributed by atoms with van der Waals surface area (Å²) in [5, 5.41) is 0. The molecule has 0 fully saturated rings. The molecule has 0 spiro atoms. The van der Waals surface area contributed by atoms with Crippen molar-refractivity contribution in [3.63, 3.8) is 0 Å². The van der Waals surface area contributed by atoms with E-state index in [1.54, 1.807) is 0 Å². The van der Waals surface area contributed by atoms with Crippen molar-refractivity contribution in [3.8, 4) is 0 Å². The van der Waals surface area contributed by atoms with E-state index in [0.29, 0.717) is 6.42 Å². The first-order valence-electron chi connectivity index (χ1n) is 15.6. The summed E-state index contributed by atoms with van der Waals surface area (Å²) in [5.74, 6) is 0.674. The van der Waals surface area contributed by atoms with Gasteiger partial charge in [0.05, 0.1) is 6.61 Å². The topological polar surface area (TPSA) is 119 Å². The second-order valence-corrected chi connectivity index (χ2v) is 12.8. The summed E-state index contributed by atoms with van der Waals surface area (Å²) in [6.45, 7) is 8.20. The van der Waals surface area contributed by atoms with Crippen LogP contribution in [0.25, 0.3) is 0 Å². The molecule has 0 aliphatic carbocycles. The first kappa shape index (κ1) is 38.0. The largest absolute Gasteiger partial charge is 0.469 e. The van der Waals surface area contributed by atoms with Crippen molar-refractivity contribution in [2.45, 2.75) is 156 Å². The van der Waals surface area contributed by atoms with E-state index in [-0.39, 0.29) is 19.4 Å². The molecule has 0 rings (SSSR count). The molecule has 0 aromatic rings. The Labute approximate surface area is 238 Å². The summed E-state index contributed by atoms with van der Waals surface area (Å²) in [4.78, 5) is 42.3. The van der Waals surface area contributed by atoms with Crippen LogP contribution in [0.15, 0.2) is 0 Å². The molecule has 1 unspecified atom stereocenters. The summed E-state index contributed by atoms with van der Waals surface area (Å²) in [6, 6.07) is 0. The zero-order valence-corrected chi connectivity index (χ0v) is 26.3. The fourth-order valence-electron chi connectivity index (χ4n) is 4.36. The second-order valence-electron chi connectivity index (χ2n) is 11.5. The lowest BCUT2D eigenvalue weighted by Gasteiger charge is -2.18. The molecule has 0 saturated heterocycles. The van der Waals surface area contributed by atoms with E-state index in [1.165, 1.54) is 64.2 Å². The maximum atomic E-state index is 12.2. The van der Waals surface area contributed by atoms with Crippen LogP contribution in [0.4, 0.5) is 0 Å². The molecule has 0 saturated carbocycles. The van der Waals surface area contributed by atoms with Gasteiger partial charge in [0.25, 0.3) is 0 Å². The SMILES string of the molecule is CCC(C)CCCCCCCCC(=O)OC[C@H](COP(=O)(O)O)OC(=O)CCCCCCCCCCC(C)C. The van der Waals surface area contributed by atoms with Gasteiger partial charge in [0, 0.05) is 12.8 Å². The van der Waals surface area contributed by atoms with Gasteiger partial charge in [-0.1, -0.05) is 124 Å². The number of carbonyl (C=O) groups excluding carboxylic acids is 2. The minimum absolute atomic E-state index is 0.214. The van der Waals surface area contributed by atoms with Crippen LogP contribution in [0.3, 0.4) is 0 Å². The van der Waals surface area contributed by atoms with E-state index in [0.717, 1.165) is 50.4 Å². The monoisotopic (exact) mass is 578 g/mol. The Morgan fingerprint density at radius 3 is 1.62 bits per heavy atom. The minimum atomic E-state index is -4.73. The molecule has 0 aliphatic heterocycles.